The molecule has 0 radical (unpaired) electrons. The maximum atomic E-state index is 12.6. The quantitative estimate of drug-likeness (QED) is 0.501. The Morgan fingerprint density at radius 2 is 1.47 bits per heavy atom. The fraction of sp³-hybridized carbons (Fsp3) is 0.350. The molecule has 0 fully saturated rings. The first-order chi connectivity index (χ1) is 14.0. The topological polar surface area (TPSA) is 121 Å². The van der Waals surface area contributed by atoms with Crippen LogP contribution in [0.4, 0.5) is 0 Å². The molecule has 0 aromatic heterocycles. The maximum absolute atomic E-state index is 12.6. The lowest BCUT2D eigenvalue weighted by molar-refractivity contribution is -0.123. The smallest absolute Gasteiger partial charge is 0.241 e. The summed E-state index contributed by atoms with van der Waals surface area (Å²) in [4.78, 5) is 12.7. The van der Waals surface area contributed by atoms with Gasteiger partial charge in [0, 0.05) is 6.54 Å². The van der Waals surface area contributed by atoms with Gasteiger partial charge in [0.1, 0.15) is 6.04 Å². The van der Waals surface area contributed by atoms with E-state index in [-0.39, 0.29) is 23.1 Å². The molecule has 0 bridgehead atoms. The number of carbonyl (C=O) groups is 1. The molecule has 2 aromatic carbocycles. The molecule has 30 heavy (non-hydrogen) atoms. The summed E-state index contributed by atoms with van der Waals surface area (Å²) in [6.07, 6.45) is 0. The zero-order chi connectivity index (χ0) is 22.4. The Labute approximate surface area is 178 Å². The van der Waals surface area contributed by atoms with E-state index in [2.05, 4.69) is 14.8 Å². The molecule has 0 aliphatic rings. The zero-order valence-corrected chi connectivity index (χ0v) is 18.8. The largest absolute Gasteiger partial charge is 0.351 e. The second-order valence-electron chi connectivity index (χ2n) is 7.15. The average Bonchev–Trinajstić information content (AvgIpc) is 2.71. The predicted molar refractivity (Wildman–Crippen MR) is 115 cm³/mol. The first-order valence-electron chi connectivity index (χ1n) is 9.38. The van der Waals surface area contributed by atoms with Crippen molar-refractivity contribution >= 4 is 26.0 Å². The third-order valence-corrected chi connectivity index (χ3v) is 7.23. The summed E-state index contributed by atoms with van der Waals surface area (Å²) < 4.78 is 53.0. The molecule has 0 heterocycles. The van der Waals surface area contributed by atoms with Crippen LogP contribution in [0.25, 0.3) is 0 Å². The van der Waals surface area contributed by atoms with Crippen LogP contribution in [0.5, 0.6) is 0 Å². The Balaban J connectivity index is 2.02. The van der Waals surface area contributed by atoms with Crippen LogP contribution >= 0.6 is 0 Å². The Kier molecular flexibility index (Phi) is 8.13. The minimum Gasteiger partial charge on any atom is -0.351 e. The van der Waals surface area contributed by atoms with Crippen molar-refractivity contribution in [1.29, 1.82) is 0 Å². The summed E-state index contributed by atoms with van der Waals surface area (Å²) in [6.45, 7) is 3.71. The highest BCUT2D eigenvalue weighted by Gasteiger charge is 2.28. The fourth-order valence-corrected chi connectivity index (χ4v) is 4.81. The zero-order valence-electron chi connectivity index (χ0n) is 17.1. The van der Waals surface area contributed by atoms with Crippen molar-refractivity contribution in [2.45, 2.75) is 37.1 Å². The number of benzene rings is 2. The van der Waals surface area contributed by atoms with Crippen molar-refractivity contribution in [1.82, 2.24) is 14.8 Å². The van der Waals surface area contributed by atoms with E-state index in [1.54, 1.807) is 56.3 Å². The van der Waals surface area contributed by atoms with Crippen molar-refractivity contribution in [2.24, 2.45) is 5.92 Å². The number of sulfonamides is 2. The first kappa shape index (κ1) is 24.0. The van der Waals surface area contributed by atoms with Gasteiger partial charge in [-0.25, -0.2) is 21.6 Å². The molecule has 164 valence electrons. The molecule has 8 nitrogen and oxygen atoms in total. The molecule has 1 atom stereocenters. The highest BCUT2D eigenvalue weighted by Crippen LogP contribution is 2.12. The molecule has 3 N–H and O–H groups in total. The number of hydrogen-bond acceptors (Lipinski definition) is 5. The lowest BCUT2D eigenvalue weighted by Crippen LogP contribution is -2.49. The summed E-state index contributed by atoms with van der Waals surface area (Å²) in [5, 5.41) is 2.74. The van der Waals surface area contributed by atoms with Crippen LogP contribution in [0.1, 0.15) is 25.0 Å². The molecule has 0 saturated carbocycles. The molecular weight excluding hydrogens is 426 g/mol. The van der Waals surface area contributed by atoms with E-state index in [1.165, 1.54) is 19.2 Å². The van der Waals surface area contributed by atoms with Gasteiger partial charge >= 0.3 is 0 Å². The van der Waals surface area contributed by atoms with Crippen molar-refractivity contribution < 1.29 is 21.6 Å². The van der Waals surface area contributed by atoms with E-state index in [1.807, 2.05) is 0 Å². The van der Waals surface area contributed by atoms with Gasteiger partial charge in [-0.2, -0.15) is 4.72 Å². The molecule has 0 aliphatic carbocycles. The fourth-order valence-electron chi connectivity index (χ4n) is 2.67. The van der Waals surface area contributed by atoms with Crippen LogP contribution < -0.4 is 14.8 Å². The predicted octanol–water partition coefficient (Wildman–Crippen LogP) is 1.36. The van der Waals surface area contributed by atoms with Crippen LogP contribution in [0, 0.1) is 5.92 Å². The van der Waals surface area contributed by atoms with Crippen molar-refractivity contribution in [2.75, 3.05) is 7.05 Å². The number of nitrogens with one attached hydrogen (secondary N) is 3. The van der Waals surface area contributed by atoms with E-state index >= 15 is 0 Å². The van der Waals surface area contributed by atoms with Gasteiger partial charge in [0.25, 0.3) is 0 Å². The Morgan fingerprint density at radius 3 is 2.00 bits per heavy atom. The second kappa shape index (κ2) is 10.2. The van der Waals surface area contributed by atoms with E-state index in [9.17, 15) is 21.6 Å². The van der Waals surface area contributed by atoms with Crippen molar-refractivity contribution in [3.05, 3.63) is 65.7 Å². The van der Waals surface area contributed by atoms with Gasteiger partial charge in [0.15, 0.2) is 0 Å². The standard InChI is InChI=1S/C20H27N3O5S2/c1-15(2)19(23-30(27,28)18-7-5-4-6-8-18)20(24)22-13-16-9-11-17(12-10-16)14-29(25,26)21-3/h4-12,15,19,21,23H,13-14H2,1-3H3,(H,22,24)/t19-/m0/s1. The van der Waals surface area contributed by atoms with E-state index in [4.69, 9.17) is 0 Å². The number of hydrogen-bond donors (Lipinski definition) is 3. The Hall–Kier alpha value is -2.27. The van der Waals surface area contributed by atoms with Crippen molar-refractivity contribution in [3.63, 3.8) is 0 Å². The third kappa shape index (κ3) is 6.91. The van der Waals surface area contributed by atoms with Crippen LogP contribution in [0.3, 0.4) is 0 Å². The summed E-state index contributed by atoms with van der Waals surface area (Å²) in [5.74, 6) is -0.837. The van der Waals surface area contributed by atoms with Gasteiger partial charge in [-0.05, 0) is 36.2 Å². The van der Waals surface area contributed by atoms with Crippen LogP contribution in [-0.2, 0) is 37.1 Å². The molecule has 2 rings (SSSR count). The highest BCUT2D eigenvalue weighted by atomic mass is 32.2. The molecule has 0 saturated heterocycles. The summed E-state index contributed by atoms with van der Waals surface area (Å²) in [7, 11) is -5.83. The molecule has 10 heteroatoms. The molecule has 0 aliphatic heterocycles. The van der Waals surface area contributed by atoms with Gasteiger partial charge < -0.3 is 5.32 Å². The third-order valence-electron chi connectivity index (χ3n) is 4.44. The molecule has 1 amide bonds. The first-order valence-corrected chi connectivity index (χ1v) is 12.5. The molecule has 0 unspecified atom stereocenters. The van der Waals surface area contributed by atoms with E-state index in [0.29, 0.717) is 5.56 Å². The van der Waals surface area contributed by atoms with Crippen molar-refractivity contribution in [3.8, 4) is 0 Å². The number of carbonyl (C=O) groups excluding carboxylic acids is 1. The van der Waals surface area contributed by atoms with Crippen LogP contribution in [0.2, 0.25) is 0 Å². The normalized spacial score (nSPS) is 13.2. The second-order valence-corrected chi connectivity index (χ2v) is 10.8. The maximum Gasteiger partial charge on any atom is 0.241 e. The highest BCUT2D eigenvalue weighted by molar-refractivity contribution is 7.89. The Morgan fingerprint density at radius 1 is 0.900 bits per heavy atom. The molecule has 2 aromatic rings. The minimum absolute atomic E-state index is 0.0931. The Bertz CT molecular complexity index is 1050. The minimum atomic E-state index is -3.83. The monoisotopic (exact) mass is 453 g/mol. The average molecular weight is 454 g/mol. The van der Waals surface area contributed by atoms with Gasteiger partial charge in [-0.15, -0.1) is 0 Å². The van der Waals surface area contributed by atoms with Gasteiger partial charge in [0.2, 0.25) is 26.0 Å². The molecule has 0 spiro atoms. The van der Waals surface area contributed by atoms with Gasteiger partial charge in [-0.1, -0.05) is 56.3 Å². The van der Waals surface area contributed by atoms with Gasteiger partial charge in [0.05, 0.1) is 10.6 Å². The summed E-state index contributed by atoms with van der Waals surface area (Å²) in [6, 6.07) is 13.7. The lowest BCUT2D eigenvalue weighted by Gasteiger charge is -2.21. The van der Waals surface area contributed by atoms with Crippen LogP contribution in [0.15, 0.2) is 59.5 Å². The van der Waals surface area contributed by atoms with E-state index in [0.717, 1.165) is 5.56 Å². The molecular formula is C20H27N3O5S2. The lowest BCUT2D eigenvalue weighted by atomic mass is 10.0. The summed E-state index contributed by atoms with van der Waals surface area (Å²) in [5.41, 5.74) is 1.39. The van der Waals surface area contributed by atoms with E-state index < -0.39 is 32.0 Å². The van der Waals surface area contributed by atoms with Crippen LogP contribution in [-0.4, -0.2) is 35.8 Å². The SMILES string of the molecule is CNS(=O)(=O)Cc1ccc(CNC(=O)[C@@H](NS(=O)(=O)c2ccccc2)C(C)C)cc1. The summed E-state index contributed by atoms with van der Waals surface area (Å²) >= 11 is 0. The number of rotatable bonds is 10. The number of amides is 1. The van der Waals surface area contributed by atoms with Gasteiger partial charge in [-0.3, -0.25) is 4.79 Å².